The van der Waals surface area contributed by atoms with E-state index < -0.39 is 50.2 Å². The van der Waals surface area contributed by atoms with Crippen molar-refractivity contribution in [3.63, 3.8) is 0 Å². The van der Waals surface area contributed by atoms with Gasteiger partial charge in [0.2, 0.25) is 0 Å². The molecule has 2 N–H and O–H groups in total. The second kappa shape index (κ2) is 13.0. The molecule has 5 rings (SSSR count). The average Bonchev–Trinajstić information content (AvgIpc) is 3.72. The first kappa shape index (κ1) is 31.5. The van der Waals surface area contributed by atoms with Gasteiger partial charge in [0.05, 0.1) is 36.0 Å². The number of likely N-dealkylation sites (tertiary alicyclic amines) is 1. The molecule has 0 aliphatic carbocycles. The van der Waals surface area contributed by atoms with Crippen LogP contribution < -0.4 is 5.32 Å². The van der Waals surface area contributed by atoms with Crippen LogP contribution in [0.25, 0.3) is 16.8 Å². The molecule has 1 atom stereocenters. The van der Waals surface area contributed by atoms with Crippen LogP contribution in [0.5, 0.6) is 0 Å². The SMILES string of the molecule is CCNC(=N)N(C(=O)c1ccc(-c2cnn(C(F)F)c2)cc1)[C@H](COC(=O)N1CC(F)(F)C1)c1ccc(Cl)c(-n2cccn2)c1. The largest absolute Gasteiger partial charge is 0.447 e. The monoisotopic (exact) mass is 646 g/mol. The molecule has 2 aromatic carbocycles. The second-order valence-corrected chi connectivity index (χ2v) is 10.5. The Morgan fingerprint density at radius 1 is 1.13 bits per heavy atom. The van der Waals surface area contributed by atoms with Crippen LogP contribution in [-0.4, -0.2) is 79.5 Å². The number of nitrogens with zero attached hydrogens (tertiary/aromatic N) is 6. The summed E-state index contributed by atoms with van der Waals surface area (Å²) in [6, 6.07) is 11.4. The maximum Gasteiger partial charge on any atom is 0.410 e. The molecule has 4 aromatic rings. The number of carbonyl (C=O) groups excluding carboxylic acids is 2. The van der Waals surface area contributed by atoms with Gasteiger partial charge in [-0.3, -0.25) is 20.0 Å². The predicted octanol–water partition coefficient (Wildman–Crippen LogP) is 5.60. The smallest absolute Gasteiger partial charge is 0.410 e. The Labute approximate surface area is 259 Å². The summed E-state index contributed by atoms with van der Waals surface area (Å²) in [7, 11) is 0. The summed E-state index contributed by atoms with van der Waals surface area (Å²) >= 11 is 6.44. The summed E-state index contributed by atoms with van der Waals surface area (Å²) in [5, 5.41) is 19.7. The molecule has 0 radical (unpaired) electrons. The average molecular weight is 647 g/mol. The fourth-order valence-corrected chi connectivity index (χ4v) is 4.92. The van der Waals surface area contributed by atoms with Crippen molar-refractivity contribution in [3.8, 4) is 16.8 Å². The minimum atomic E-state index is -3.01. The first-order chi connectivity index (χ1) is 21.5. The van der Waals surface area contributed by atoms with Crippen LogP contribution in [0.4, 0.5) is 22.4 Å². The highest BCUT2D eigenvalue weighted by Crippen LogP contribution is 2.31. The van der Waals surface area contributed by atoms with Crippen LogP contribution >= 0.6 is 11.6 Å². The molecule has 1 aliphatic rings. The van der Waals surface area contributed by atoms with Gasteiger partial charge in [0.1, 0.15) is 6.61 Å². The molecule has 1 fully saturated rings. The Hall–Kier alpha value is -4.92. The van der Waals surface area contributed by atoms with Crippen molar-refractivity contribution in [2.75, 3.05) is 26.2 Å². The fourth-order valence-electron chi connectivity index (χ4n) is 4.72. The van der Waals surface area contributed by atoms with E-state index >= 15 is 0 Å². The van der Waals surface area contributed by atoms with Crippen molar-refractivity contribution < 1.29 is 31.9 Å². The van der Waals surface area contributed by atoms with Gasteiger partial charge in [-0.1, -0.05) is 29.8 Å². The number of hydrogen-bond donors (Lipinski definition) is 2. The van der Waals surface area contributed by atoms with Gasteiger partial charge in [0, 0.05) is 36.3 Å². The molecule has 1 aliphatic heterocycles. The highest BCUT2D eigenvalue weighted by molar-refractivity contribution is 6.32. The van der Waals surface area contributed by atoms with Gasteiger partial charge in [0.15, 0.2) is 5.96 Å². The summed E-state index contributed by atoms with van der Waals surface area (Å²) in [6.45, 7) is -2.90. The summed E-state index contributed by atoms with van der Waals surface area (Å²) in [6.07, 6.45) is 4.64. The third-order valence-electron chi connectivity index (χ3n) is 6.96. The Morgan fingerprint density at radius 3 is 2.47 bits per heavy atom. The lowest BCUT2D eigenvalue weighted by Crippen LogP contribution is -2.58. The molecule has 11 nitrogen and oxygen atoms in total. The van der Waals surface area contributed by atoms with Gasteiger partial charge in [0.25, 0.3) is 11.8 Å². The summed E-state index contributed by atoms with van der Waals surface area (Å²) in [5.41, 5.74) is 1.89. The minimum absolute atomic E-state index is 0.127. The highest BCUT2D eigenvalue weighted by atomic mass is 35.5. The number of ether oxygens (including phenoxy) is 1. The van der Waals surface area contributed by atoms with Crippen molar-refractivity contribution in [2.24, 2.45) is 0 Å². The zero-order valence-corrected chi connectivity index (χ0v) is 24.5. The topological polar surface area (TPSA) is 121 Å². The van der Waals surface area contributed by atoms with Gasteiger partial charge in [-0.15, -0.1) is 0 Å². The van der Waals surface area contributed by atoms with E-state index in [9.17, 15) is 27.2 Å². The molecule has 0 spiro atoms. The van der Waals surface area contributed by atoms with Gasteiger partial charge in [-0.2, -0.15) is 19.0 Å². The van der Waals surface area contributed by atoms with E-state index in [0.29, 0.717) is 32.1 Å². The maximum absolute atomic E-state index is 14.1. The van der Waals surface area contributed by atoms with E-state index in [4.69, 9.17) is 21.7 Å². The summed E-state index contributed by atoms with van der Waals surface area (Å²) in [5.74, 6) is -3.99. The van der Waals surface area contributed by atoms with Gasteiger partial charge < -0.3 is 10.1 Å². The highest BCUT2D eigenvalue weighted by Gasteiger charge is 2.47. The van der Waals surface area contributed by atoms with Crippen LogP contribution in [0, 0.1) is 5.41 Å². The number of amides is 2. The molecule has 2 aromatic heterocycles. The molecule has 3 heterocycles. The van der Waals surface area contributed by atoms with Crippen LogP contribution in [0.15, 0.2) is 73.3 Å². The number of aromatic nitrogens is 4. The van der Waals surface area contributed by atoms with Crippen LogP contribution in [0.1, 0.15) is 35.4 Å². The Balaban J connectivity index is 1.50. The molecule has 45 heavy (non-hydrogen) atoms. The van der Waals surface area contributed by atoms with Gasteiger partial charge in [-0.05, 0) is 48.4 Å². The van der Waals surface area contributed by atoms with Crippen LogP contribution in [-0.2, 0) is 4.74 Å². The van der Waals surface area contributed by atoms with Crippen molar-refractivity contribution in [1.29, 1.82) is 5.41 Å². The molecule has 0 saturated carbocycles. The van der Waals surface area contributed by atoms with E-state index in [1.807, 2.05) is 0 Å². The molecule has 0 bridgehead atoms. The number of hydrogen-bond acceptors (Lipinski definition) is 6. The first-order valence-corrected chi connectivity index (χ1v) is 14.0. The van der Waals surface area contributed by atoms with Gasteiger partial charge >= 0.3 is 12.6 Å². The summed E-state index contributed by atoms with van der Waals surface area (Å²) < 4.78 is 60.2. The number of rotatable bonds is 9. The minimum Gasteiger partial charge on any atom is -0.447 e. The quantitative estimate of drug-likeness (QED) is 0.139. The number of benzene rings is 2. The third-order valence-corrected chi connectivity index (χ3v) is 7.28. The molecule has 2 amide bonds. The molecular weight excluding hydrogens is 620 g/mol. The molecule has 16 heteroatoms. The van der Waals surface area contributed by atoms with E-state index in [0.717, 1.165) is 9.80 Å². The number of halogens is 5. The zero-order valence-electron chi connectivity index (χ0n) is 23.7. The lowest BCUT2D eigenvalue weighted by molar-refractivity contribution is -0.120. The maximum atomic E-state index is 14.1. The van der Waals surface area contributed by atoms with Crippen molar-refractivity contribution >= 4 is 29.6 Å². The predicted molar refractivity (Wildman–Crippen MR) is 156 cm³/mol. The van der Waals surface area contributed by atoms with E-state index in [1.165, 1.54) is 29.2 Å². The Kier molecular flexibility index (Phi) is 9.09. The van der Waals surface area contributed by atoms with Crippen molar-refractivity contribution in [1.82, 2.24) is 34.7 Å². The van der Waals surface area contributed by atoms with E-state index in [2.05, 4.69) is 15.5 Å². The normalized spacial score (nSPS) is 14.5. The lowest BCUT2D eigenvalue weighted by atomic mass is 10.0. The Bertz CT molecular complexity index is 1670. The number of carbonyl (C=O) groups is 2. The van der Waals surface area contributed by atoms with Gasteiger partial charge in [-0.25, -0.2) is 22.9 Å². The molecular formula is C29H27ClF4N8O3. The van der Waals surface area contributed by atoms with Crippen LogP contribution in [0.3, 0.4) is 0 Å². The van der Waals surface area contributed by atoms with E-state index in [-0.39, 0.29) is 18.1 Å². The first-order valence-electron chi connectivity index (χ1n) is 13.6. The Morgan fingerprint density at radius 2 is 1.87 bits per heavy atom. The molecule has 236 valence electrons. The number of nitrogens with one attached hydrogen (secondary N) is 2. The lowest BCUT2D eigenvalue weighted by Gasteiger charge is -2.38. The molecule has 0 unspecified atom stereocenters. The second-order valence-electron chi connectivity index (χ2n) is 10.1. The summed E-state index contributed by atoms with van der Waals surface area (Å²) in [4.78, 5) is 28.6. The third kappa shape index (κ3) is 6.93. The van der Waals surface area contributed by atoms with E-state index in [1.54, 1.807) is 55.7 Å². The van der Waals surface area contributed by atoms with Crippen LogP contribution in [0.2, 0.25) is 5.02 Å². The fraction of sp³-hybridized carbons (Fsp3) is 0.276. The standard InChI is InChI=1S/C29H27ClF4N8O3/c1-2-36-27(35)42(25(43)19-6-4-18(5-7-19)21-13-38-41(14-21)26(31)32)24(15-45-28(44)39-16-29(33,34)17-39)20-8-9-22(30)23(12-20)40-11-3-10-37-40/h3-14,24,26H,2,15-17H2,1H3,(H2,35,36)/t24-/m1/s1. The van der Waals surface area contributed by atoms with Crippen molar-refractivity contribution in [3.05, 3.63) is 89.5 Å². The number of guanidine groups is 1. The van der Waals surface area contributed by atoms with Crippen molar-refractivity contribution in [2.45, 2.75) is 25.4 Å². The number of alkyl halides is 4. The molecule has 1 saturated heterocycles. The zero-order chi connectivity index (χ0) is 32.3.